The molecular formula is C11H16F3NO2S. The van der Waals surface area contributed by atoms with E-state index in [0.717, 1.165) is 19.3 Å². The first kappa shape index (κ1) is 13.9. The van der Waals surface area contributed by atoms with E-state index in [4.69, 9.17) is 0 Å². The zero-order valence-electron chi connectivity index (χ0n) is 9.78. The van der Waals surface area contributed by atoms with E-state index >= 15 is 0 Å². The Labute approximate surface area is 104 Å². The highest BCUT2D eigenvalue weighted by molar-refractivity contribution is 7.90. The fourth-order valence-corrected chi connectivity index (χ4v) is 3.46. The molecule has 7 heteroatoms. The number of sulfonamides is 1. The van der Waals surface area contributed by atoms with Gasteiger partial charge in [-0.25, -0.2) is 13.1 Å². The molecule has 3 nitrogen and oxygen atoms in total. The minimum atomic E-state index is -5.21. The summed E-state index contributed by atoms with van der Waals surface area (Å²) in [5.74, 6) is 1.69. The first-order valence-corrected chi connectivity index (χ1v) is 7.52. The summed E-state index contributed by atoms with van der Waals surface area (Å²) < 4.78 is 59.1. The molecule has 1 saturated carbocycles. The number of hydrogen-bond acceptors (Lipinski definition) is 2. The molecule has 0 aliphatic heterocycles. The third-order valence-electron chi connectivity index (χ3n) is 3.76. The minimum absolute atomic E-state index is 0.139. The topological polar surface area (TPSA) is 46.2 Å². The number of nitrogens with one attached hydrogen (secondary N) is 1. The zero-order valence-corrected chi connectivity index (χ0v) is 10.6. The van der Waals surface area contributed by atoms with Crippen LogP contribution in [-0.2, 0) is 10.0 Å². The van der Waals surface area contributed by atoms with Crippen LogP contribution in [0.3, 0.4) is 0 Å². The van der Waals surface area contributed by atoms with Gasteiger partial charge in [-0.1, -0.05) is 12.2 Å². The molecule has 0 amide bonds. The van der Waals surface area contributed by atoms with E-state index < -0.39 is 15.5 Å². The lowest BCUT2D eigenvalue weighted by Gasteiger charge is -2.17. The number of fused-ring (bicyclic) bond motifs is 2. The number of halogens is 3. The van der Waals surface area contributed by atoms with Crippen LogP contribution in [0.5, 0.6) is 0 Å². The maximum absolute atomic E-state index is 12.0. The Hall–Kier alpha value is -0.560. The minimum Gasteiger partial charge on any atom is -0.207 e. The molecule has 1 fully saturated rings. The van der Waals surface area contributed by atoms with Crippen molar-refractivity contribution in [2.45, 2.75) is 31.2 Å². The second-order valence-corrected chi connectivity index (χ2v) is 6.78. The molecule has 1 N–H and O–H groups in total. The summed E-state index contributed by atoms with van der Waals surface area (Å²) >= 11 is 0. The van der Waals surface area contributed by atoms with Crippen molar-refractivity contribution in [3.63, 3.8) is 0 Å². The molecule has 3 unspecified atom stereocenters. The highest BCUT2D eigenvalue weighted by atomic mass is 32.2. The lowest BCUT2D eigenvalue weighted by Crippen LogP contribution is -2.37. The predicted octanol–water partition coefficient (Wildman–Crippen LogP) is 2.42. The fourth-order valence-electron chi connectivity index (χ4n) is 2.88. The Morgan fingerprint density at radius 1 is 1.22 bits per heavy atom. The van der Waals surface area contributed by atoms with Crippen molar-refractivity contribution in [3.8, 4) is 0 Å². The Balaban J connectivity index is 1.70. The second kappa shape index (κ2) is 4.85. The smallest absolute Gasteiger partial charge is 0.207 e. The average Bonchev–Trinajstić information content (AvgIpc) is 2.84. The van der Waals surface area contributed by atoms with Crippen LogP contribution >= 0.6 is 0 Å². The Morgan fingerprint density at radius 3 is 2.44 bits per heavy atom. The molecule has 0 aromatic carbocycles. The van der Waals surface area contributed by atoms with Crippen LogP contribution in [-0.4, -0.2) is 20.5 Å². The van der Waals surface area contributed by atoms with Gasteiger partial charge in [-0.3, -0.25) is 0 Å². The number of allylic oxidation sites excluding steroid dienone is 2. The van der Waals surface area contributed by atoms with Crippen molar-refractivity contribution < 1.29 is 21.6 Å². The number of alkyl halides is 3. The van der Waals surface area contributed by atoms with Crippen molar-refractivity contribution in [2.75, 3.05) is 6.54 Å². The van der Waals surface area contributed by atoms with Gasteiger partial charge in [0.25, 0.3) is 0 Å². The van der Waals surface area contributed by atoms with Gasteiger partial charge in [-0.2, -0.15) is 13.2 Å². The van der Waals surface area contributed by atoms with Gasteiger partial charge in [0.1, 0.15) is 0 Å². The number of rotatable bonds is 5. The van der Waals surface area contributed by atoms with Crippen molar-refractivity contribution in [3.05, 3.63) is 12.2 Å². The van der Waals surface area contributed by atoms with Gasteiger partial charge >= 0.3 is 15.5 Å². The van der Waals surface area contributed by atoms with E-state index in [-0.39, 0.29) is 6.54 Å². The van der Waals surface area contributed by atoms with Gasteiger partial charge in [0.2, 0.25) is 0 Å². The van der Waals surface area contributed by atoms with E-state index in [1.54, 1.807) is 4.72 Å². The van der Waals surface area contributed by atoms with Crippen LogP contribution in [0.4, 0.5) is 13.2 Å². The largest absolute Gasteiger partial charge is 0.511 e. The zero-order chi connectivity index (χ0) is 13.4. The standard InChI is InChI=1S/C11H16F3NO2S/c12-11(13,14)18(16,17)15-5-1-2-9-6-8-3-4-10(9)7-8/h3-4,8-10,15H,1-2,5-7H2. The molecule has 0 heterocycles. The van der Waals surface area contributed by atoms with Gasteiger partial charge in [-0.05, 0) is 43.4 Å². The molecule has 18 heavy (non-hydrogen) atoms. The van der Waals surface area contributed by atoms with E-state index in [9.17, 15) is 21.6 Å². The molecule has 2 aliphatic carbocycles. The summed E-state index contributed by atoms with van der Waals surface area (Å²) in [7, 11) is -5.17. The quantitative estimate of drug-likeness (QED) is 0.622. The van der Waals surface area contributed by atoms with Gasteiger partial charge in [0, 0.05) is 6.54 Å². The molecule has 104 valence electrons. The average molecular weight is 283 g/mol. The van der Waals surface area contributed by atoms with Gasteiger partial charge in [-0.15, -0.1) is 0 Å². The number of hydrogen-bond donors (Lipinski definition) is 1. The highest BCUT2D eigenvalue weighted by Gasteiger charge is 2.45. The van der Waals surface area contributed by atoms with Crippen molar-refractivity contribution in [2.24, 2.45) is 17.8 Å². The second-order valence-electron chi connectivity index (χ2n) is 5.03. The Bertz CT molecular complexity index is 430. The molecule has 0 radical (unpaired) electrons. The molecule has 2 aliphatic rings. The fraction of sp³-hybridized carbons (Fsp3) is 0.818. The normalized spacial score (nSPS) is 31.2. The van der Waals surface area contributed by atoms with Crippen molar-refractivity contribution in [1.29, 1.82) is 0 Å². The van der Waals surface area contributed by atoms with Crippen LogP contribution in [0.1, 0.15) is 25.7 Å². The molecule has 0 aromatic heterocycles. The molecular weight excluding hydrogens is 267 g/mol. The SMILES string of the molecule is O=S(=O)(NCCCC1CC2C=CC1C2)C(F)(F)F. The highest BCUT2D eigenvalue weighted by Crippen LogP contribution is 2.45. The van der Waals surface area contributed by atoms with Crippen LogP contribution in [0.25, 0.3) is 0 Å². The first-order chi connectivity index (χ1) is 8.29. The van der Waals surface area contributed by atoms with E-state index in [1.807, 2.05) is 0 Å². The van der Waals surface area contributed by atoms with Gasteiger partial charge in [0.15, 0.2) is 0 Å². The Kier molecular flexibility index (Phi) is 3.73. The summed E-state index contributed by atoms with van der Waals surface area (Å²) in [6, 6.07) is 0. The maximum Gasteiger partial charge on any atom is 0.511 e. The summed E-state index contributed by atoms with van der Waals surface area (Å²) in [6.45, 7) is -0.139. The molecule has 0 aromatic rings. The van der Waals surface area contributed by atoms with E-state index in [2.05, 4.69) is 12.2 Å². The van der Waals surface area contributed by atoms with Crippen LogP contribution < -0.4 is 4.72 Å². The summed E-state index contributed by atoms with van der Waals surface area (Å²) in [4.78, 5) is 0. The molecule has 0 spiro atoms. The molecule has 0 saturated heterocycles. The van der Waals surface area contributed by atoms with Crippen LogP contribution in [0.2, 0.25) is 0 Å². The summed E-state index contributed by atoms with van der Waals surface area (Å²) in [5, 5.41) is 0. The first-order valence-electron chi connectivity index (χ1n) is 6.04. The summed E-state index contributed by atoms with van der Waals surface area (Å²) in [5.41, 5.74) is -5.21. The van der Waals surface area contributed by atoms with Gasteiger partial charge in [0.05, 0.1) is 0 Å². The Morgan fingerprint density at radius 2 is 1.94 bits per heavy atom. The van der Waals surface area contributed by atoms with Crippen LogP contribution in [0.15, 0.2) is 12.2 Å². The van der Waals surface area contributed by atoms with Crippen molar-refractivity contribution >= 4 is 10.0 Å². The van der Waals surface area contributed by atoms with Crippen molar-refractivity contribution in [1.82, 2.24) is 4.72 Å². The third kappa shape index (κ3) is 2.88. The lowest BCUT2D eigenvalue weighted by atomic mass is 9.89. The monoisotopic (exact) mass is 283 g/mol. The van der Waals surface area contributed by atoms with Crippen LogP contribution in [0, 0.1) is 17.8 Å². The summed E-state index contributed by atoms with van der Waals surface area (Å²) in [6.07, 6.45) is 7.86. The van der Waals surface area contributed by atoms with Gasteiger partial charge < -0.3 is 0 Å². The van der Waals surface area contributed by atoms with E-state index in [1.165, 1.54) is 0 Å². The third-order valence-corrected chi connectivity index (χ3v) is 4.96. The van der Waals surface area contributed by atoms with E-state index in [0.29, 0.717) is 24.2 Å². The molecule has 2 rings (SSSR count). The predicted molar refractivity (Wildman–Crippen MR) is 61.1 cm³/mol. The lowest BCUT2D eigenvalue weighted by molar-refractivity contribution is -0.0447. The molecule has 3 atom stereocenters. The molecule has 2 bridgehead atoms. The maximum atomic E-state index is 12.0.